The van der Waals surface area contributed by atoms with Crippen LogP contribution in [-0.2, 0) is 11.3 Å². The third kappa shape index (κ3) is 5.76. The quantitative estimate of drug-likeness (QED) is 0.697. The molecule has 2 rings (SSSR count). The van der Waals surface area contributed by atoms with E-state index in [1.807, 2.05) is 57.3 Å². The van der Waals surface area contributed by atoms with Gasteiger partial charge in [0.1, 0.15) is 0 Å². The number of halogens is 1. The average Bonchev–Trinajstić information content (AvgIpc) is 2.57. The normalized spacial score (nSPS) is 10.4. The van der Waals surface area contributed by atoms with Gasteiger partial charge in [0, 0.05) is 12.2 Å². The van der Waals surface area contributed by atoms with E-state index >= 15 is 0 Å². The zero-order valence-electron chi connectivity index (χ0n) is 14.7. The molecule has 0 bridgehead atoms. The average molecular weight is 407 g/mol. The van der Waals surface area contributed by atoms with Crippen molar-refractivity contribution in [1.82, 2.24) is 5.32 Å². The van der Waals surface area contributed by atoms with Gasteiger partial charge >= 0.3 is 0 Å². The number of benzene rings is 2. The van der Waals surface area contributed by atoms with Gasteiger partial charge in [-0.15, -0.1) is 0 Å². The molecule has 0 heterocycles. The monoisotopic (exact) mass is 406 g/mol. The molecule has 2 aromatic carbocycles. The Hall–Kier alpha value is -2.05. The summed E-state index contributed by atoms with van der Waals surface area (Å²) in [6.07, 6.45) is 0. The molecule has 2 aromatic rings. The number of rotatable bonds is 8. The number of amides is 1. The fourth-order valence-corrected chi connectivity index (χ4v) is 2.91. The van der Waals surface area contributed by atoms with E-state index in [1.54, 1.807) is 0 Å². The fourth-order valence-electron chi connectivity index (χ4n) is 2.30. The van der Waals surface area contributed by atoms with Gasteiger partial charge in [0.15, 0.2) is 18.1 Å². The molecule has 5 nitrogen and oxygen atoms in total. The van der Waals surface area contributed by atoms with Crippen molar-refractivity contribution in [2.24, 2.45) is 0 Å². The van der Waals surface area contributed by atoms with Gasteiger partial charge in [0.05, 0.1) is 11.1 Å². The second-order valence-electron chi connectivity index (χ2n) is 5.57. The predicted octanol–water partition coefficient (Wildman–Crippen LogP) is 3.89. The maximum atomic E-state index is 12.1. The van der Waals surface area contributed by atoms with Crippen molar-refractivity contribution in [3.05, 3.63) is 52.0 Å². The van der Waals surface area contributed by atoms with E-state index in [0.29, 0.717) is 24.7 Å². The van der Waals surface area contributed by atoms with Crippen LogP contribution in [0.15, 0.2) is 40.9 Å². The van der Waals surface area contributed by atoms with Crippen molar-refractivity contribution in [2.75, 3.05) is 25.6 Å². The molecule has 0 aromatic heterocycles. The highest BCUT2D eigenvalue weighted by Gasteiger charge is 2.14. The van der Waals surface area contributed by atoms with Crippen LogP contribution in [0.4, 0.5) is 5.69 Å². The lowest BCUT2D eigenvalue weighted by Gasteiger charge is -2.15. The van der Waals surface area contributed by atoms with Crippen LogP contribution in [0.2, 0.25) is 0 Å². The Balaban J connectivity index is 2.05. The SMILES string of the molecule is CCOc1cc(CNC)cc(Br)c1OCC(=O)Nc1ccc(C)cc1. The number of hydrogen-bond acceptors (Lipinski definition) is 4. The first-order valence-corrected chi connectivity index (χ1v) is 8.92. The molecule has 0 aliphatic heterocycles. The number of anilines is 1. The zero-order chi connectivity index (χ0) is 18.2. The van der Waals surface area contributed by atoms with Crippen LogP contribution in [0, 0.1) is 6.92 Å². The largest absolute Gasteiger partial charge is 0.490 e. The van der Waals surface area contributed by atoms with E-state index in [0.717, 1.165) is 21.3 Å². The molecule has 0 fully saturated rings. The van der Waals surface area contributed by atoms with E-state index in [4.69, 9.17) is 9.47 Å². The molecule has 0 saturated carbocycles. The summed E-state index contributed by atoms with van der Waals surface area (Å²) < 4.78 is 12.1. The van der Waals surface area contributed by atoms with Crippen molar-refractivity contribution >= 4 is 27.5 Å². The van der Waals surface area contributed by atoms with Crippen LogP contribution in [0.25, 0.3) is 0 Å². The van der Waals surface area contributed by atoms with Gasteiger partial charge in [-0.2, -0.15) is 0 Å². The van der Waals surface area contributed by atoms with Crippen molar-refractivity contribution in [2.45, 2.75) is 20.4 Å². The zero-order valence-corrected chi connectivity index (χ0v) is 16.3. The second kappa shape index (κ2) is 9.44. The Morgan fingerprint density at radius 3 is 2.52 bits per heavy atom. The van der Waals surface area contributed by atoms with Crippen LogP contribution < -0.4 is 20.1 Å². The molecule has 0 spiro atoms. The summed E-state index contributed by atoms with van der Waals surface area (Å²) in [6.45, 7) is 5.04. The number of carbonyl (C=O) groups excluding carboxylic acids is 1. The smallest absolute Gasteiger partial charge is 0.262 e. The lowest BCUT2D eigenvalue weighted by atomic mass is 10.2. The first kappa shape index (κ1) is 19.3. The summed E-state index contributed by atoms with van der Waals surface area (Å²) >= 11 is 3.50. The summed E-state index contributed by atoms with van der Waals surface area (Å²) in [4.78, 5) is 12.1. The van der Waals surface area contributed by atoms with Crippen molar-refractivity contribution in [3.8, 4) is 11.5 Å². The number of ether oxygens (including phenoxy) is 2. The highest BCUT2D eigenvalue weighted by molar-refractivity contribution is 9.10. The Morgan fingerprint density at radius 2 is 1.88 bits per heavy atom. The lowest BCUT2D eigenvalue weighted by molar-refractivity contribution is -0.118. The van der Waals surface area contributed by atoms with Crippen molar-refractivity contribution < 1.29 is 14.3 Å². The van der Waals surface area contributed by atoms with Gasteiger partial charge in [-0.25, -0.2) is 0 Å². The molecule has 6 heteroatoms. The summed E-state index contributed by atoms with van der Waals surface area (Å²) in [5, 5.41) is 5.91. The number of carbonyl (C=O) groups is 1. The van der Waals surface area contributed by atoms with E-state index in [-0.39, 0.29) is 12.5 Å². The minimum absolute atomic E-state index is 0.0993. The maximum absolute atomic E-state index is 12.1. The third-order valence-corrected chi connectivity index (χ3v) is 4.02. The maximum Gasteiger partial charge on any atom is 0.262 e. The summed E-state index contributed by atoms with van der Waals surface area (Å²) in [6, 6.07) is 11.5. The van der Waals surface area contributed by atoms with E-state index < -0.39 is 0 Å². The van der Waals surface area contributed by atoms with Crippen LogP contribution >= 0.6 is 15.9 Å². The van der Waals surface area contributed by atoms with Crippen LogP contribution in [0.5, 0.6) is 11.5 Å². The van der Waals surface area contributed by atoms with Gasteiger partial charge in [-0.05, 0) is 66.7 Å². The van der Waals surface area contributed by atoms with Gasteiger partial charge in [0.2, 0.25) is 0 Å². The lowest BCUT2D eigenvalue weighted by Crippen LogP contribution is -2.20. The molecule has 25 heavy (non-hydrogen) atoms. The van der Waals surface area contributed by atoms with E-state index in [9.17, 15) is 4.79 Å². The molecular weight excluding hydrogens is 384 g/mol. The van der Waals surface area contributed by atoms with Gasteiger partial charge < -0.3 is 20.1 Å². The first-order chi connectivity index (χ1) is 12.0. The summed E-state index contributed by atoms with van der Waals surface area (Å²) in [5.41, 5.74) is 2.95. The molecule has 0 aliphatic carbocycles. The molecule has 0 aliphatic rings. The highest BCUT2D eigenvalue weighted by atomic mass is 79.9. The highest BCUT2D eigenvalue weighted by Crippen LogP contribution is 2.37. The fraction of sp³-hybridized carbons (Fsp3) is 0.316. The molecular formula is C19H23BrN2O3. The van der Waals surface area contributed by atoms with Crippen LogP contribution in [0.3, 0.4) is 0 Å². The van der Waals surface area contributed by atoms with Gasteiger partial charge in [-0.1, -0.05) is 17.7 Å². The molecule has 0 atom stereocenters. The summed E-state index contributed by atoms with van der Waals surface area (Å²) in [7, 11) is 1.88. The van der Waals surface area contributed by atoms with Gasteiger partial charge in [0.25, 0.3) is 5.91 Å². The number of hydrogen-bond donors (Lipinski definition) is 2. The number of nitrogens with one attached hydrogen (secondary N) is 2. The Bertz CT molecular complexity index is 717. The van der Waals surface area contributed by atoms with Crippen LogP contribution in [-0.4, -0.2) is 26.2 Å². The Morgan fingerprint density at radius 1 is 1.16 bits per heavy atom. The minimum Gasteiger partial charge on any atom is -0.490 e. The van der Waals surface area contributed by atoms with Crippen molar-refractivity contribution in [3.63, 3.8) is 0 Å². The van der Waals surface area contributed by atoms with E-state index in [1.165, 1.54) is 0 Å². The molecule has 2 N–H and O–H groups in total. The Kier molecular flexibility index (Phi) is 7.28. The molecule has 1 amide bonds. The standard InChI is InChI=1S/C19H23BrN2O3/c1-4-24-17-10-14(11-21-3)9-16(20)19(17)25-12-18(23)22-15-7-5-13(2)6-8-15/h5-10,21H,4,11-12H2,1-3H3,(H,22,23). The molecule has 134 valence electrons. The van der Waals surface area contributed by atoms with Crippen molar-refractivity contribution in [1.29, 1.82) is 0 Å². The topological polar surface area (TPSA) is 59.6 Å². The minimum atomic E-state index is -0.225. The third-order valence-electron chi connectivity index (χ3n) is 3.43. The predicted molar refractivity (Wildman–Crippen MR) is 103 cm³/mol. The molecule has 0 unspecified atom stereocenters. The second-order valence-corrected chi connectivity index (χ2v) is 6.43. The first-order valence-electron chi connectivity index (χ1n) is 8.12. The van der Waals surface area contributed by atoms with Crippen LogP contribution in [0.1, 0.15) is 18.1 Å². The molecule has 0 saturated heterocycles. The van der Waals surface area contributed by atoms with E-state index in [2.05, 4.69) is 26.6 Å². The summed E-state index contributed by atoms with van der Waals surface area (Å²) in [5.74, 6) is 0.920. The Labute approximate surface area is 156 Å². The number of aryl methyl sites for hydroxylation is 1. The van der Waals surface area contributed by atoms with Gasteiger partial charge in [-0.3, -0.25) is 4.79 Å². The molecule has 0 radical (unpaired) electrons.